The maximum absolute atomic E-state index is 6.25. The molecule has 0 unspecified atom stereocenters. The van der Waals surface area contributed by atoms with E-state index >= 15 is 0 Å². The van der Waals surface area contributed by atoms with E-state index in [-0.39, 0.29) is 0 Å². The first-order valence-electron chi connectivity index (χ1n) is 12.8. The molecule has 0 saturated carbocycles. The van der Waals surface area contributed by atoms with Gasteiger partial charge in [-0.3, -0.25) is 0 Å². The summed E-state index contributed by atoms with van der Waals surface area (Å²) >= 11 is 0. The first kappa shape index (κ1) is 21.0. The molecule has 0 fully saturated rings. The van der Waals surface area contributed by atoms with Crippen molar-refractivity contribution in [3.63, 3.8) is 0 Å². The molecule has 178 valence electrons. The number of anilines is 2. The summed E-state index contributed by atoms with van der Waals surface area (Å²) in [6, 6.07) is 42.1. The van der Waals surface area contributed by atoms with E-state index < -0.39 is 0 Å². The number of aromatic nitrogens is 1. The highest BCUT2D eigenvalue weighted by Gasteiger charge is 2.22. The van der Waals surface area contributed by atoms with E-state index in [0.717, 1.165) is 50.4 Å². The van der Waals surface area contributed by atoms with Gasteiger partial charge >= 0.3 is 0 Å². The van der Waals surface area contributed by atoms with Gasteiger partial charge in [0, 0.05) is 39.2 Å². The summed E-state index contributed by atoms with van der Waals surface area (Å²) in [6.07, 6.45) is 4.40. The Morgan fingerprint density at radius 2 is 1.26 bits per heavy atom. The smallest absolute Gasteiger partial charge is 0.136 e. The molecule has 0 radical (unpaired) electrons. The number of furan rings is 1. The molecule has 38 heavy (non-hydrogen) atoms. The quantitative estimate of drug-likeness (QED) is 0.249. The Morgan fingerprint density at radius 1 is 0.579 bits per heavy atom. The molecule has 0 N–H and O–H groups in total. The Bertz CT molecular complexity index is 1960. The summed E-state index contributed by atoms with van der Waals surface area (Å²) in [4.78, 5) is 7.35. The molecule has 8 rings (SSSR count). The van der Waals surface area contributed by atoms with E-state index in [2.05, 4.69) is 114 Å². The van der Waals surface area contributed by atoms with Crippen molar-refractivity contribution in [2.75, 3.05) is 4.90 Å². The van der Waals surface area contributed by atoms with Crippen LogP contribution in [0.5, 0.6) is 0 Å². The second-order valence-corrected chi connectivity index (χ2v) is 9.65. The van der Waals surface area contributed by atoms with Gasteiger partial charge < -0.3 is 9.32 Å². The molecule has 1 aliphatic heterocycles. The molecule has 7 aromatic rings. The van der Waals surface area contributed by atoms with Gasteiger partial charge in [-0.2, -0.15) is 0 Å². The number of hydrogen-bond donors (Lipinski definition) is 0. The van der Waals surface area contributed by atoms with Crippen molar-refractivity contribution in [2.45, 2.75) is 0 Å². The van der Waals surface area contributed by atoms with Crippen molar-refractivity contribution >= 4 is 50.2 Å². The summed E-state index contributed by atoms with van der Waals surface area (Å²) in [5.74, 6) is 0. The predicted octanol–water partition coefficient (Wildman–Crippen LogP) is 9.59. The minimum Gasteiger partial charge on any atom is -0.456 e. The summed E-state index contributed by atoms with van der Waals surface area (Å²) in [5.41, 5.74) is 9.35. The fraction of sp³-hybridized carbons (Fsp3) is 0. The lowest BCUT2D eigenvalue weighted by Crippen LogP contribution is -2.12. The molecular weight excluding hydrogens is 464 g/mol. The molecule has 0 bridgehead atoms. The van der Waals surface area contributed by atoms with Crippen molar-refractivity contribution in [2.24, 2.45) is 0 Å². The van der Waals surface area contributed by atoms with E-state index in [4.69, 9.17) is 9.40 Å². The maximum atomic E-state index is 6.25. The van der Waals surface area contributed by atoms with Gasteiger partial charge in [-0.25, -0.2) is 4.98 Å². The van der Waals surface area contributed by atoms with Gasteiger partial charge in [0.1, 0.15) is 11.2 Å². The number of pyridine rings is 1. The molecule has 0 aliphatic carbocycles. The van der Waals surface area contributed by atoms with Gasteiger partial charge in [-0.05, 0) is 47.4 Å². The molecular formula is C35H22N2O. The zero-order chi connectivity index (χ0) is 25.1. The molecule has 2 aromatic heterocycles. The van der Waals surface area contributed by atoms with Crippen LogP contribution in [0.25, 0.3) is 61.3 Å². The lowest BCUT2D eigenvalue weighted by atomic mass is 9.94. The van der Waals surface area contributed by atoms with Crippen molar-refractivity contribution in [1.29, 1.82) is 0 Å². The Hall–Kier alpha value is -5.15. The third kappa shape index (κ3) is 3.19. The molecule has 5 aromatic carbocycles. The van der Waals surface area contributed by atoms with Crippen LogP contribution in [0.4, 0.5) is 11.4 Å². The highest BCUT2D eigenvalue weighted by Crippen LogP contribution is 2.45. The minimum atomic E-state index is 0.917. The number of fused-ring (bicyclic) bond motifs is 4. The Balaban J connectivity index is 1.38. The van der Waals surface area contributed by atoms with Gasteiger partial charge in [0.05, 0.1) is 17.1 Å². The number of benzene rings is 5. The average molecular weight is 487 g/mol. The number of nitrogens with zero attached hydrogens (tertiary/aromatic N) is 2. The highest BCUT2D eigenvalue weighted by atomic mass is 16.3. The van der Waals surface area contributed by atoms with Crippen LogP contribution in [-0.2, 0) is 0 Å². The van der Waals surface area contributed by atoms with E-state index in [1.54, 1.807) is 0 Å². The fourth-order valence-electron chi connectivity index (χ4n) is 5.67. The van der Waals surface area contributed by atoms with Crippen LogP contribution < -0.4 is 4.90 Å². The lowest BCUT2D eigenvalue weighted by Gasteiger charge is -2.27. The number of rotatable bonds is 3. The Kier molecular flexibility index (Phi) is 4.52. The molecule has 3 heteroatoms. The number of hydrogen-bond acceptors (Lipinski definition) is 3. The van der Waals surface area contributed by atoms with Gasteiger partial charge in [0.25, 0.3) is 0 Å². The second-order valence-electron chi connectivity index (χ2n) is 9.65. The largest absolute Gasteiger partial charge is 0.456 e. The van der Waals surface area contributed by atoms with Crippen LogP contribution >= 0.6 is 0 Å². The Morgan fingerprint density at radius 3 is 2.00 bits per heavy atom. The summed E-state index contributed by atoms with van der Waals surface area (Å²) in [6.45, 7) is 0. The molecule has 0 spiro atoms. The topological polar surface area (TPSA) is 29.3 Å². The van der Waals surface area contributed by atoms with Crippen molar-refractivity contribution < 1.29 is 4.42 Å². The Labute approximate surface area is 219 Å². The third-order valence-electron chi connectivity index (χ3n) is 7.40. The zero-order valence-electron chi connectivity index (χ0n) is 20.5. The van der Waals surface area contributed by atoms with E-state index in [1.165, 1.54) is 21.7 Å². The van der Waals surface area contributed by atoms with Crippen LogP contribution in [-0.4, -0.2) is 4.98 Å². The standard InChI is InChI=1S/C35H22N2O/c1-3-10-23(11-4-1)29-21-26(22-30(36-29)24-12-5-2-6-13-24)37-19-18-28-34-25(14-9-16-31(34)37)20-33-35(28)27-15-7-8-17-32(27)38-33/h1-22H. The van der Waals surface area contributed by atoms with Gasteiger partial charge in [0.15, 0.2) is 0 Å². The normalized spacial score (nSPS) is 12.6. The monoisotopic (exact) mass is 486 g/mol. The van der Waals surface area contributed by atoms with Gasteiger partial charge in [0.2, 0.25) is 0 Å². The predicted molar refractivity (Wildman–Crippen MR) is 158 cm³/mol. The van der Waals surface area contributed by atoms with Crippen LogP contribution in [0.15, 0.2) is 132 Å². The lowest BCUT2D eigenvalue weighted by molar-refractivity contribution is 0.669. The first-order chi connectivity index (χ1) is 18.8. The fourth-order valence-corrected chi connectivity index (χ4v) is 5.67. The van der Waals surface area contributed by atoms with Crippen molar-refractivity contribution in [3.8, 4) is 22.5 Å². The zero-order valence-corrected chi connectivity index (χ0v) is 20.5. The van der Waals surface area contributed by atoms with Gasteiger partial charge in [-0.15, -0.1) is 0 Å². The molecule has 3 heterocycles. The van der Waals surface area contributed by atoms with Crippen molar-refractivity contribution in [3.05, 3.63) is 133 Å². The van der Waals surface area contributed by atoms with E-state index in [0.29, 0.717) is 0 Å². The van der Waals surface area contributed by atoms with E-state index in [1.807, 2.05) is 24.3 Å². The summed E-state index contributed by atoms with van der Waals surface area (Å²) in [5, 5.41) is 4.71. The first-order valence-corrected chi connectivity index (χ1v) is 12.8. The summed E-state index contributed by atoms with van der Waals surface area (Å²) in [7, 11) is 0. The van der Waals surface area contributed by atoms with Crippen molar-refractivity contribution in [1.82, 2.24) is 4.98 Å². The van der Waals surface area contributed by atoms with Crippen LogP contribution in [0.1, 0.15) is 5.56 Å². The SMILES string of the molecule is C1=CN(c2cc(-c3ccccc3)nc(-c3ccccc3)c2)c2cccc3cc4oc5ccccc5c4c1c23. The minimum absolute atomic E-state index is 0.917. The molecule has 0 amide bonds. The third-order valence-corrected chi connectivity index (χ3v) is 7.40. The van der Waals surface area contributed by atoms with Crippen LogP contribution in [0.2, 0.25) is 0 Å². The van der Waals surface area contributed by atoms with Crippen LogP contribution in [0, 0.1) is 0 Å². The molecule has 0 atom stereocenters. The highest BCUT2D eigenvalue weighted by molar-refractivity contribution is 6.20. The average Bonchev–Trinajstić information content (AvgIpc) is 3.36. The second kappa shape index (κ2) is 8.19. The molecule has 3 nitrogen and oxygen atoms in total. The van der Waals surface area contributed by atoms with Crippen LogP contribution in [0.3, 0.4) is 0 Å². The maximum Gasteiger partial charge on any atom is 0.136 e. The summed E-state index contributed by atoms with van der Waals surface area (Å²) < 4.78 is 6.25. The molecule has 0 saturated heterocycles. The molecule has 1 aliphatic rings. The van der Waals surface area contributed by atoms with E-state index in [9.17, 15) is 0 Å². The number of para-hydroxylation sites is 1. The van der Waals surface area contributed by atoms with Gasteiger partial charge in [-0.1, -0.05) is 91.0 Å².